The topological polar surface area (TPSA) is 112 Å². The first-order valence-corrected chi connectivity index (χ1v) is 13.2. The van der Waals surface area contributed by atoms with Gasteiger partial charge in [0.15, 0.2) is 21.1 Å². The number of rotatable bonds is 8. The molecule has 1 aliphatic carbocycles. The normalized spacial score (nSPS) is 18.2. The second-order valence-corrected chi connectivity index (χ2v) is 11.3. The van der Waals surface area contributed by atoms with Crippen LogP contribution in [-0.4, -0.2) is 53.7 Å². The molecule has 11 heteroatoms. The van der Waals surface area contributed by atoms with Crippen molar-refractivity contribution in [3.63, 3.8) is 0 Å². The molecule has 2 aromatic heterocycles. The molecule has 174 valence electrons. The molecule has 1 aliphatic heterocycles. The largest absolute Gasteiger partial charge is 0.381 e. The summed E-state index contributed by atoms with van der Waals surface area (Å²) in [5, 5.41) is 7.93. The monoisotopic (exact) mass is 488 g/mol. The summed E-state index contributed by atoms with van der Waals surface area (Å²) in [4.78, 5) is 17.8. The van der Waals surface area contributed by atoms with Gasteiger partial charge < -0.3 is 9.47 Å². The maximum absolute atomic E-state index is 13.2. The summed E-state index contributed by atoms with van der Waals surface area (Å²) in [5.41, 5.74) is 0.595. The number of aromatic nitrogens is 3. The van der Waals surface area contributed by atoms with Crippen molar-refractivity contribution in [1.29, 1.82) is 0 Å². The molecule has 1 atom stereocenters. The van der Waals surface area contributed by atoms with E-state index < -0.39 is 15.9 Å². The van der Waals surface area contributed by atoms with Crippen LogP contribution >= 0.6 is 11.3 Å². The number of nitrogens with zero attached hydrogens (tertiary/aromatic N) is 3. The summed E-state index contributed by atoms with van der Waals surface area (Å²) < 4.78 is 38.3. The number of anilines is 1. The highest BCUT2D eigenvalue weighted by Crippen LogP contribution is 2.34. The van der Waals surface area contributed by atoms with Crippen LogP contribution in [0, 0.1) is 0 Å². The molecule has 2 fully saturated rings. The lowest BCUT2D eigenvalue weighted by Gasteiger charge is -2.27. The molecule has 0 radical (unpaired) electrons. The Kier molecular flexibility index (Phi) is 6.28. The third kappa shape index (κ3) is 5.01. The Balaban J connectivity index is 1.36. The van der Waals surface area contributed by atoms with Crippen molar-refractivity contribution in [3.05, 3.63) is 54.5 Å². The highest BCUT2D eigenvalue weighted by molar-refractivity contribution is 7.92. The van der Waals surface area contributed by atoms with Gasteiger partial charge in [0.05, 0.1) is 22.4 Å². The van der Waals surface area contributed by atoms with Gasteiger partial charge in [0.25, 0.3) is 5.91 Å². The van der Waals surface area contributed by atoms with Crippen molar-refractivity contribution in [1.82, 2.24) is 14.8 Å². The van der Waals surface area contributed by atoms with Gasteiger partial charge in [-0.05, 0) is 49.4 Å². The van der Waals surface area contributed by atoms with Crippen LogP contribution in [0.1, 0.15) is 37.4 Å². The van der Waals surface area contributed by atoms with Crippen LogP contribution in [0.25, 0.3) is 5.00 Å². The number of amides is 1. The van der Waals surface area contributed by atoms with E-state index in [1.54, 1.807) is 47.5 Å². The zero-order chi connectivity index (χ0) is 22.8. The molecule has 3 heterocycles. The second kappa shape index (κ2) is 9.34. The molecule has 1 amide bonds. The molecule has 1 aromatic carbocycles. The van der Waals surface area contributed by atoms with Crippen molar-refractivity contribution < 1.29 is 22.7 Å². The van der Waals surface area contributed by atoms with E-state index in [2.05, 4.69) is 15.4 Å². The van der Waals surface area contributed by atoms with Crippen molar-refractivity contribution in [2.45, 2.75) is 48.0 Å². The number of hydrogen-bond acceptors (Lipinski definition) is 8. The zero-order valence-electron chi connectivity index (χ0n) is 17.8. The van der Waals surface area contributed by atoms with Gasteiger partial charge >= 0.3 is 0 Å². The van der Waals surface area contributed by atoms with Crippen molar-refractivity contribution in [2.75, 3.05) is 18.5 Å². The predicted molar refractivity (Wildman–Crippen MR) is 122 cm³/mol. The minimum absolute atomic E-state index is 0.125. The van der Waals surface area contributed by atoms with Crippen molar-refractivity contribution in [3.8, 4) is 5.00 Å². The molecule has 1 unspecified atom stereocenters. The van der Waals surface area contributed by atoms with Crippen LogP contribution in [0.2, 0.25) is 0 Å². The molecule has 1 saturated carbocycles. The number of benzene rings is 1. The third-order valence-corrected chi connectivity index (χ3v) is 8.84. The Hall–Kier alpha value is -2.60. The summed E-state index contributed by atoms with van der Waals surface area (Å²) >= 11 is 1.30. The molecule has 9 nitrogen and oxygen atoms in total. The van der Waals surface area contributed by atoms with Crippen LogP contribution in [0.5, 0.6) is 0 Å². The molecule has 0 bridgehead atoms. The number of ether oxygens (including phenoxy) is 2. The average Bonchev–Trinajstić information content (AvgIpc) is 3.37. The van der Waals surface area contributed by atoms with E-state index in [-0.39, 0.29) is 22.2 Å². The number of carbonyl (C=O) groups is 1. The Morgan fingerprint density at radius 2 is 1.94 bits per heavy atom. The van der Waals surface area contributed by atoms with Gasteiger partial charge in [-0.25, -0.2) is 18.1 Å². The quantitative estimate of drug-likeness (QED) is 0.518. The fourth-order valence-electron chi connectivity index (χ4n) is 3.70. The zero-order valence-corrected chi connectivity index (χ0v) is 19.4. The van der Waals surface area contributed by atoms with Gasteiger partial charge in [0, 0.05) is 25.6 Å². The Morgan fingerprint density at radius 1 is 1.18 bits per heavy atom. The number of carbonyl (C=O) groups excluding carboxylic acids is 1. The molecule has 1 saturated heterocycles. The molecule has 0 spiro atoms. The van der Waals surface area contributed by atoms with Gasteiger partial charge in [-0.2, -0.15) is 5.10 Å². The van der Waals surface area contributed by atoms with E-state index in [4.69, 9.17) is 9.47 Å². The van der Waals surface area contributed by atoms with E-state index in [0.29, 0.717) is 49.6 Å². The van der Waals surface area contributed by atoms with Gasteiger partial charge in [-0.1, -0.05) is 23.5 Å². The maximum Gasteiger partial charge on any atom is 0.259 e. The summed E-state index contributed by atoms with van der Waals surface area (Å²) in [6.07, 6.45) is 6.88. The number of hydrogen-bond donors (Lipinski definition) is 1. The molecular weight excluding hydrogens is 464 g/mol. The first kappa shape index (κ1) is 22.2. The van der Waals surface area contributed by atoms with Gasteiger partial charge in [-0.3, -0.25) is 10.1 Å². The second-order valence-electron chi connectivity index (χ2n) is 8.08. The lowest BCUT2D eigenvalue weighted by Crippen LogP contribution is -2.31. The van der Waals surface area contributed by atoms with Gasteiger partial charge in [0.1, 0.15) is 5.00 Å². The maximum atomic E-state index is 13.2. The summed E-state index contributed by atoms with van der Waals surface area (Å²) in [7, 11) is -3.30. The van der Waals surface area contributed by atoms with Crippen molar-refractivity contribution >= 4 is 32.2 Å². The van der Waals surface area contributed by atoms with Crippen LogP contribution in [0.3, 0.4) is 0 Å². The van der Waals surface area contributed by atoms with Gasteiger partial charge in [0.2, 0.25) is 0 Å². The van der Waals surface area contributed by atoms with E-state index in [9.17, 15) is 13.2 Å². The summed E-state index contributed by atoms with van der Waals surface area (Å²) in [6, 6.07) is 8.26. The van der Waals surface area contributed by atoms with Crippen LogP contribution in [-0.2, 0) is 24.1 Å². The van der Waals surface area contributed by atoms with Crippen LogP contribution < -0.4 is 5.32 Å². The first-order valence-electron chi connectivity index (χ1n) is 10.8. The van der Waals surface area contributed by atoms with Gasteiger partial charge in [-0.15, -0.1) is 0 Å². The minimum Gasteiger partial charge on any atom is -0.381 e. The molecule has 2 aliphatic rings. The standard InChI is InChI=1S/C22H24N4O5S2/c27-21(25-22-23-14-19(32-22)26-11-1-10-24-26)20(31-16-8-12-30-13-9-16)15-2-4-17(5-3-15)33(28,29)18-6-7-18/h1-5,10-11,14,16,18,20H,6-9,12-13H2,(H,23,25,27). The summed E-state index contributed by atoms with van der Waals surface area (Å²) in [6.45, 7) is 1.16. The molecule has 1 N–H and O–H groups in total. The van der Waals surface area contributed by atoms with E-state index in [1.807, 2.05) is 6.07 Å². The molecule has 33 heavy (non-hydrogen) atoms. The first-order chi connectivity index (χ1) is 16.0. The van der Waals surface area contributed by atoms with E-state index in [0.717, 1.165) is 5.00 Å². The Labute approximate surface area is 195 Å². The van der Waals surface area contributed by atoms with E-state index in [1.165, 1.54) is 11.3 Å². The SMILES string of the molecule is O=C(Nc1ncc(-n2cccn2)s1)C(OC1CCOCC1)c1ccc(S(=O)(=O)C2CC2)cc1. The number of thiazole rings is 1. The summed E-state index contributed by atoms with van der Waals surface area (Å²) in [5.74, 6) is -0.361. The molecule has 3 aromatic rings. The average molecular weight is 489 g/mol. The number of nitrogens with one attached hydrogen (secondary N) is 1. The molecular formula is C22H24N4O5S2. The fraction of sp³-hybridized carbons (Fsp3) is 0.409. The molecule has 5 rings (SSSR count). The fourth-order valence-corrected chi connectivity index (χ4v) is 6.12. The smallest absolute Gasteiger partial charge is 0.259 e. The van der Waals surface area contributed by atoms with Crippen LogP contribution in [0.15, 0.2) is 53.8 Å². The highest BCUT2D eigenvalue weighted by atomic mass is 32.2. The Morgan fingerprint density at radius 3 is 2.61 bits per heavy atom. The highest BCUT2D eigenvalue weighted by Gasteiger charge is 2.37. The lowest BCUT2D eigenvalue weighted by atomic mass is 10.1. The lowest BCUT2D eigenvalue weighted by molar-refractivity contribution is -0.136. The van der Waals surface area contributed by atoms with E-state index >= 15 is 0 Å². The van der Waals surface area contributed by atoms with Crippen molar-refractivity contribution in [2.24, 2.45) is 0 Å². The van der Waals surface area contributed by atoms with Crippen LogP contribution in [0.4, 0.5) is 5.13 Å². The minimum atomic E-state index is -3.30. The third-order valence-electron chi connectivity index (χ3n) is 5.66. The Bertz CT molecular complexity index is 1200. The predicted octanol–water partition coefficient (Wildman–Crippen LogP) is 3.14. The number of sulfone groups is 1.